The Morgan fingerprint density at radius 3 is 2.56 bits per heavy atom. The molecular weight excluding hydrogens is 496 g/mol. The highest BCUT2D eigenvalue weighted by Gasteiger charge is 2.19. The van der Waals surface area contributed by atoms with E-state index >= 15 is 0 Å². The summed E-state index contributed by atoms with van der Waals surface area (Å²) in [4.78, 5) is 13.3. The number of benzene rings is 2. The summed E-state index contributed by atoms with van der Waals surface area (Å²) < 4.78 is 13.7. The van der Waals surface area contributed by atoms with E-state index in [1.54, 1.807) is 18.5 Å². The van der Waals surface area contributed by atoms with Gasteiger partial charge in [0.05, 0.1) is 26.8 Å². The third kappa shape index (κ3) is 4.85. The van der Waals surface area contributed by atoms with Gasteiger partial charge in [-0.2, -0.15) is 5.26 Å². The first-order valence-corrected chi connectivity index (χ1v) is 11.8. The number of nitrogens with zero attached hydrogens (tertiary/aromatic N) is 4. The summed E-state index contributed by atoms with van der Waals surface area (Å²) in [5.41, 5.74) is 4.79. The molecule has 0 saturated heterocycles. The molecule has 0 aliphatic rings. The topological polar surface area (TPSA) is 74.5 Å². The van der Waals surface area contributed by atoms with E-state index in [4.69, 9.17) is 23.2 Å². The summed E-state index contributed by atoms with van der Waals surface area (Å²) in [5, 5.41) is 14.1. The van der Waals surface area contributed by atoms with E-state index in [0.29, 0.717) is 39.3 Å². The van der Waals surface area contributed by atoms with E-state index in [9.17, 15) is 9.65 Å². The molecule has 0 aliphatic heterocycles. The van der Waals surface area contributed by atoms with Crippen LogP contribution in [0.25, 0.3) is 10.9 Å². The Labute approximate surface area is 217 Å². The molecule has 176 valence electrons. The van der Waals surface area contributed by atoms with Crippen molar-refractivity contribution in [3.05, 3.63) is 124 Å². The number of anilines is 2. The standard InChI is InChI=1S/C28H18Cl2FN5/c29-23-13-20(6-7-25(23)31)36-27-19(14-32)16-35-28-22(27)11-17(12-24(28)30)10-21(18-4-3-8-33-15-18)26-5-1-2-9-34-26/h1-9,11-13,15-16,21H,10H2,(H,35,36). The van der Waals surface area contributed by atoms with Gasteiger partial charge in [-0.25, -0.2) is 4.39 Å². The highest BCUT2D eigenvalue weighted by atomic mass is 35.5. The number of halogens is 3. The van der Waals surface area contributed by atoms with E-state index in [-0.39, 0.29) is 10.9 Å². The first-order valence-electron chi connectivity index (χ1n) is 11.1. The summed E-state index contributed by atoms with van der Waals surface area (Å²) in [6.45, 7) is 0. The van der Waals surface area contributed by atoms with Crippen LogP contribution in [0.1, 0.15) is 28.3 Å². The number of aromatic nitrogens is 3. The van der Waals surface area contributed by atoms with Crippen molar-refractivity contribution in [2.24, 2.45) is 0 Å². The molecule has 0 saturated carbocycles. The number of fused-ring (bicyclic) bond motifs is 1. The maximum absolute atomic E-state index is 13.7. The van der Waals surface area contributed by atoms with Gasteiger partial charge in [0.2, 0.25) is 0 Å². The molecule has 36 heavy (non-hydrogen) atoms. The monoisotopic (exact) mass is 513 g/mol. The largest absolute Gasteiger partial charge is 0.354 e. The Kier molecular flexibility index (Phi) is 6.77. The van der Waals surface area contributed by atoms with Gasteiger partial charge >= 0.3 is 0 Å². The van der Waals surface area contributed by atoms with Crippen LogP contribution in [-0.4, -0.2) is 15.0 Å². The molecule has 0 radical (unpaired) electrons. The van der Waals surface area contributed by atoms with Crippen LogP contribution in [0, 0.1) is 17.1 Å². The van der Waals surface area contributed by atoms with E-state index < -0.39 is 5.82 Å². The molecule has 0 fully saturated rings. The van der Waals surface area contributed by atoms with Gasteiger partial charge in [0.25, 0.3) is 0 Å². The Balaban J connectivity index is 1.62. The number of hydrogen-bond donors (Lipinski definition) is 1. The maximum atomic E-state index is 13.7. The molecule has 0 aliphatic carbocycles. The molecule has 5 aromatic rings. The molecule has 0 bridgehead atoms. The lowest BCUT2D eigenvalue weighted by Gasteiger charge is -2.18. The Hall–Kier alpha value is -4.05. The summed E-state index contributed by atoms with van der Waals surface area (Å²) in [5.74, 6) is -0.587. The first-order chi connectivity index (χ1) is 17.5. The van der Waals surface area contributed by atoms with E-state index in [0.717, 1.165) is 16.8 Å². The van der Waals surface area contributed by atoms with Crippen LogP contribution in [0.3, 0.4) is 0 Å². The van der Waals surface area contributed by atoms with Gasteiger partial charge in [0.1, 0.15) is 11.9 Å². The van der Waals surface area contributed by atoms with Crippen molar-refractivity contribution in [3.63, 3.8) is 0 Å². The van der Waals surface area contributed by atoms with E-state index in [1.165, 1.54) is 18.3 Å². The van der Waals surface area contributed by atoms with Crippen LogP contribution in [0.4, 0.5) is 15.8 Å². The molecule has 1 N–H and O–H groups in total. The van der Waals surface area contributed by atoms with Crippen molar-refractivity contribution in [1.29, 1.82) is 5.26 Å². The van der Waals surface area contributed by atoms with Crippen molar-refractivity contribution in [1.82, 2.24) is 15.0 Å². The van der Waals surface area contributed by atoms with Crippen molar-refractivity contribution < 1.29 is 4.39 Å². The fourth-order valence-corrected chi connectivity index (χ4v) is 4.64. The summed E-state index contributed by atoms with van der Waals surface area (Å²) in [7, 11) is 0. The number of pyridine rings is 3. The average molecular weight is 514 g/mol. The highest BCUT2D eigenvalue weighted by molar-refractivity contribution is 6.35. The second kappa shape index (κ2) is 10.3. The second-order valence-electron chi connectivity index (χ2n) is 8.18. The van der Waals surface area contributed by atoms with Gasteiger partial charge in [-0.3, -0.25) is 15.0 Å². The zero-order valence-electron chi connectivity index (χ0n) is 18.8. The lowest BCUT2D eigenvalue weighted by Crippen LogP contribution is -2.08. The third-order valence-corrected chi connectivity index (χ3v) is 6.44. The normalized spacial score (nSPS) is 11.7. The molecule has 5 rings (SSSR count). The molecule has 0 spiro atoms. The first kappa shape index (κ1) is 23.7. The van der Waals surface area contributed by atoms with Gasteiger partial charge < -0.3 is 5.32 Å². The van der Waals surface area contributed by atoms with Gasteiger partial charge in [0.15, 0.2) is 0 Å². The number of nitrogens with one attached hydrogen (secondary N) is 1. The van der Waals surface area contributed by atoms with Gasteiger partial charge in [-0.05, 0) is 66.1 Å². The van der Waals surface area contributed by atoms with Crippen molar-refractivity contribution >= 4 is 45.5 Å². The Bertz CT molecular complexity index is 1550. The fraction of sp³-hybridized carbons (Fsp3) is 0.0714. The van der Waals surface area contributed by atoms with Crippen LogP contribution in [-0.2, 0) is 6.42 Å². The predicted octanol–water partition coefficient (Wildman–Crippen LogP) is 7.46. The minimum absolute atomic E-state index is 0.0229. The lowest BCUT2D eigenvalue weighted by atomic mass is 9.89. The molecule has 1 unspecified atom stereocenters. The number of hydrogen-bond acceptors (Lipinski definition) is 5. The predicted molar refractivity (Wildman–Crippen MR) is 140 cm³/mol. The SMILES string of the molecule is N#Cc1cnc2c(Cl)cc(CC(c3cccnc3)c3ccccn3)cc2c1Nc1ccc(F)c(Cl)c1. The van der Waals surface area contributed by atoms with E-state index in [2.05, 4.69) is 26.3 Å². The van der Waals surface area contributed by atoms with Crippen LogP contribution in [0.15, 0.2) is 85.5 Å². The number of rotatable bonds is 6. The molecule has 1 atom stereocenters. The Morgan fingerprint density at radius 2 is 1.83 bits per heavy atom. The average Bonchev–Trinajstić information content (AvgIpc) is 2.91. The highest BCUT2D eigenvalue weighted by Crippen LogP contribution is 2.36. The smallest absolute Gasteiger partial charge is 0.141 e. The zero-order valence-corrected chi connectivity index (χ0v) is 20.3. The molecule has 2 aromatic carbocycles. The molecular formula is C28H18Cl2FN5. The van der Waals surface area contributed by atoms with Crippen LogP contribution < -0.4 is 5.32 Å². The summed E-state index contributed by atoms with van der Waals surface area (Å²) >= 11 is 12.7. The molecule has 5 nitrogen and oxygen atoms in total. The minimum atomic E-state index is -0.524. The van der Waals surface area contributed by atoms with Crippen molar-refractivity contribution in [2.75, 3.05) is 5.32 Å². The van der Waals surface area contributed by atoms with Gasteiger partial charge in [-0.15, -0.1) is 0 Å². The molecule has 8 heteroatoms. The zero-order chi connectivity index (χ0) is 25.1. The van der Waals surface area contributed by atoms with E-state index in [1.807, 2.05) is 48.7 Å². The Morgan fingerprint density at radius 1 is 0.944 bits per heavy atom. The van der Waals surface area contributed by atoms with Crippen LogP contribution in [0.5, 0.6) is 0 Å². The number of nitriles is 1. The van der Waals surface area contributed by atoms with Crippen molar-refractivity contribution in [2.45, 2.75) is 12.3 Å². The van der Waals surface area contributed by atoms with Gasteiger partial charge in [-0.1, -0.05) is 35.3 Å². The quantitative estimate of drug-likeness (QED) is 0.255. The van der Waals surface area contributed by atoms with Crippen LogP contribution >= 0.6 is 23.2 Å². The van der Waals surface area contributed by atoms with Gasteiger partial charge in [0, 0.05) is 47.5 Å². The fourth-order valence-electron chi connectivity index (χ4n) is 4.16. The molecule has 3 heterocycles. The summed E-state index contributed by atoms with van der Waals surface area (Å²) in [6.07, 6.45) is 7.40. The van der Waals surface area contributed by atoms with Crippen molar-refractivity contribution in [3.8, 4) is 6.07 Å². The maximum Gasteiger partial charge on any atom is 0.141 e. The molecule has 0 amide bonds. The third-order valence-electron chi connectivity index (χ3n) is 5.87. The minimum Gasteiger partial charge on any atom is -0.354 e. The molecule has 3 aromatic heterocycles. The second-order valence-corrected chi connectivity index (χ2v) is 9.00. The van der Waals surface area contributed by atoms with Crippen LogP contribution in [0.2, 0.25) is 10.0 Å². The summed E-state index contributed by atoms with van der Waals surface area (Å²) in [6, 6.07) is 20.1. The lowest BCUT2D eigenvalue weighted by molar-refractivity contribution is 0.628.